The van der Waals surface area contributed by atoms with E-state index in [1.54, 1.807) is 0 Å². The van der Waals surface area contributed by atoms with E-state index in [0.717, 1.165) is 12.4 Å². The Balaban J connectivity index is 2.75. The van der Waals surface area contributed by atoms with Crippen molar-refractivity contribution in [1.29, 1.82) is 0 Å². The monoisotopic (exact) mass is 178 g/mol. The standard InChI is InChI=1S/C11H16NO/c1-4-13-11-7-5-10(6-8-11)9-12(2)3/h5-9H,4H2,1-3H3/q+1. The number of hydrogen-bond acceptors (Lipinski definition) is 1. The van der Waals surface area contributed by atoms with Crippen LogP contribution in [0.3, 0.4) is 0 Å². The van der Waals surface area contributed by atoms with Gasteiger partial charge in [-0.15, -0.1) is 0 Å². The molecule has 0 N–H and O–H groups in total. The van der Waals surface area contributed by atoms with E-state index in [1.165, 1.54) is 5.56 Å². The molecule has 0 saturated heterocycles. The van der Waals surface area contributed by atoms with Crippen molar-refractivity contribution in [1.82, 2.24) is 0 Å². The molecule has 2 nitrogen and oxygen atoms in total. The van der Waals surface area contributed by atoms with Crippen molar-refractivity contribution >= 4 is 6.21 Å². The lowest BCUT2D eigenvalue weighted by Gasteiger charge is -2.01. The molecule has 13 heavy (non-hydrogen) atoms. The third kappa shape index (κ3) is 3.28. The first kappa shape index (κ1) is 9.78. The third-order valence-corrected chi connectivity index (χ3v) is 1.60. The largest absolute Gasteiger partial charge is 0.494 e. The van der Waals surface area contributed by atoms with E-state index in [0.29, 0.717) is 0 Å². The van der Waals surface area contributed by atoms with Crippen LogP contribution >= 0.6 is 0 Å². The van der Waals surface area contributed by atoms with Gasteiger partial charge in [0.2, 0.25) is 0 Å². The number of rotatable bonds is 3. The molecule has 1 aromatic rings. The predicted molar refractivity (Wildman–Crippen MR) is 54.9 cm³/mol. The lowest BCUT2D eigenvalue weighted by molar-refractivity contribution is -0.458. The summed E-state index contributed by atoms with van der Waals surface area (Å²) in [6.45, 7) is 2.70. The molecule has 0 atom stereocenters. The van der Waals surface area contributed by atoms with Crippen molar-refractivity contribution in [3.05, 3.63) is 29.8 Å². The van der Waals surface area contributed by atoms with E-state index in [4.69, 9.17) is 4.74 Å². The lowest BCUT2D eigenvalue weighted by Crippen LogP contribution is -1.99. The Morgan fingerprint density at radius 3 is 2.31 bits per heavy atom. The van der Waals surface area contributed by atoms with Gasteiger partial charge in [0.1, 0.15) is 19.8 Å². The van der Waals surface area contributed by atoms with Crippen LogP contribution in [-0.4, -0.2) is 31.5 Å². The fourth-order valence-corrected chi connectivity index (χ4v) is 1.11. The van der Waals surface area contributed by atoms with Crippen molar-refractivity contribution < 1.29 is 9.31 Å². The molecule has 1 rings (SSSR count). The quantitative estimate of drug-likeness (QED) is 0.507. The Hall–Kier alpha value is -1.31. The predicted octanol–water partition coefficient (Wildman–Crippen LogP) is 1.78. The van der Waals surface area contributed by atoms with Crippen molar-refractivity contribution in [2.24, 2.45) is 0 Å². The highest BCUT2D eigenvalue weighted by molar-refractivity contribution is 5.75. The normalized spacial score (nSPS) is 9.46. The summed E-state index contributed by atoms with van der Waals surface area (Å²) in [5.41, 5.74) is 1.19. The van der Waals surface area contributed by atoms with Crippen LogP contribution in [0.5, 0.6) is 5.75 Å². The zero-order chi connectivity index (χ0) is 9.68. The van der Waals surface area contributed by atoms with Gasteiger partial charge < -0.3 is 4.74 Å². The maximum Gasteiger partial charge on any atom is 0.170 e. The smallest absolute Gasteiger partial charge is 0.170 e. The Morgan fingerprint density at radius 2 is 1.85 bits per heavy atom. The molecule has 0 bridgehead atoms. The molecule has 0 unspecified atom stereocenters. The zero-order valence-electron chi connectivity index (χ0n) is 8.45. The summed E-state index contributed by atoms with van der Waals surface area (Å²) in [6.07, 6.45) is 2.07. The first-order valence-corrected chi connectivity index (χ1v) is 4.46. The lowest BCUT2D eigenvalue weighted by atomic mass is 10.2. The molecule has 2 heteroatoms. The molecule has 0 aliphatic rings. The van der Waals surface area contributed by atoms with Crippen LogP contribution in [0.15, 0.2) is 24.3 Å². The highest BCUT2D eigenvalue weighted by Crippen LogP contribution is 2.10. The Kier molecular flexibility index (Phi) is 3.50. The van der Waals surface area contributed by atoms with Crippen LogP contribution < -0.4 is 4.74 Å². The van der Waals surface area contributed by atoms with E-state index in [1.807, 2.05) is 49.9 Å². The molecular weight excluding hydrogens is 162 g/mol. The minimum absolute atomic E-state index is 0.719. The first-order chi connectivity index (χ1) is 6.22. The molecule has 0 saturated carbocycles. The summed E-state index contributed by atoms with van der Waals surface area (Å²) in [4.78, 5) is 0. The van der Waals surface area contributed by atoms with E-state index < -0.39 is 0 Å². The molecule has 0 heterocycles. The molecule has 0 aromatic heterocycles. The molecule has 1 aromatic carbocycles. The highest BCUT2D eigenvalue weighted by atomic mass is 16.5. The number of nitrogens with zero attached hydrogens (tertiary/aromatic N) is 1. The average molecular weight is 178 g/mol. The van der Waals surface area contributed by atoms with Gasteiger partial charge in [-0.2, -0.15) is 0 Å². The minimum Gasteiger partial charge on any atom is -0.494 e. The van der Waals surface area contributed by atoms with Crippen LogP contribution in [0, 0.1) is 0 Å². The Bertz CT molecular complexity index is 283. The maximum atomic E-state index is 5.34. The molecule has 0 spiro atoms. The highest BCUT2D eigenvalue weighted by Gasteiger charge is 1.94. The summed E-state index contributed by atoms with van der Waals surface area (Å²) < 4.78 is 7.36. The van der Waals surface area contributed by atoms with Crippen LogP contribution in [0.4, 0.5) is 0 Å². The molecule has 0 radical (unpaired) electrons. The van der Waals surface area contributed by atoms with Gasteiger partial charge in [0.25, 0.3) is 0 Å². The van der Waals surface area contributed by atoms with Gasteiger partial charge in [-0.3, -0.25) is 0 Å². The summed E-state index contributed by atoms with van der Waals surface area (Å²) >= 11 is 0. The van der Waals surface area contributed by atoms with Gasteiger partial charge >= 0.3 is 0 Å². The summed E-state index contributed by atoms with van der Waals surface area (Å²) in [6, 6.07) is 8.06. The van der Waals surface area contributed by atoms with Crippen LogP contribution in [0.2, 0.25) is 0 Å². The van der Waals surface area contributed by atoms with Crippen molar-refractivity contribution in [3.63, 3.8) is 0 Å². The molecule has 0 aliphatic heterocycles. The van der Waals surface area contributed by atoms with Gasteiger partial charge in [0.15, 0.2) is 6.21 Å². The second-order valence-corrected chi connectivity index (χ2v) is 3.09. The first-order valence-electron chi connectivity index (χ1n) is 4.46. The molecular formula is C11H16NO+. The topological polar surface area (TPSA) is 12.2 Å². The fourth-order valence-electron chi connectivity index (χ4n) is 1.11. The average Bonchev–Trinajstić information content (AvgIpc) is 2.08. The van der Waals surface area contributed by atoms with Crippen LogP contribution in [0.25, 0.3) is 0 Å². The van der Waals surface area contributed by atoms with E-state index in [-0.39, 0.29) is 0 Å². The second kappa shape index (κ2) is 4.65. The van der Waals surface area contributed by atoms with Crippen LogP contribution in [-0.2, 0) is 0 Å². The van der Waals surface area contributed by atoms with Gasteiger partial charge in [0.05, 0.1) is 6.61 Å². The van der Waals surface area contributed by atoms with Gasteiger partial charge in [-0.1, -0.05) is 0 Å². The number of ether oxygens (including phenoxy) is 1. The molecule has 70 valence electrons. The summed E-state index contributed by atoms with van der Waals surface area (Å²) in [5.74, 6) is 0.929. The Morgan fingerprint density at radius 1 is 1.23 bits per heavy atom. The Labute approximate surface area is 79.5 Å². The van der Waals surface area contributed by atoms with Crippen LogP contribution in [0.1, 0.15) is 12.5 Å². The van der Waals surface area contributed by atoms with Gasteiger partial charge in [-0.25, -0.2) is 4.58 Å². The van der Waals surface area contributed by atoms with Gasteiger partial charge in [-0.05, 0) is 31.2 Å². The fraction of sp³-hybridized carbons (Fsp3) is 0.364. The van der Waals surface area contributed by atoms with Gasteiger partial charge in [0, 0.05) is 5.56 Å². The van der Waals surface area contributed by atoms with E-state index in [9.17, 15) is 0 Å². The molecule has 0 fully saturated rings. The molecule has 0 aliphatic carbocycles. The summed E-state index contributed by atoms with van der Waals surface area (Å²) in [5, 5.41) is 0. The SMILES string of the molecule is CCOc1ccc(C=[N+](C)C)cc1. The third-order valence-electron chi connectivity index (χ3n) is 1.60. The molecule has 0 amide bonds. The van der Waals surface area contributed by atoms with E-state index >= 15 is 0 Å². The number of benzene rings is 1. The van der Waals surface area contributed by atoms with E-state index in [2.05, 4.69) is 6.21 Å². The maximum absolute atomic E-state index is 5.34. The number of hydrogen-bond donors (Lipinski definition) is 0. The summed E-state index contributed by atoms with van der Waals surface area (Å²) in [7, 11) is 4.02. The zero-order valence-corrected chi connectivity index (χ0v) is 8.45. The van der Waals surface area contributed by atoms with Crippen molar-refractivity contribution in [2.45, 2.75) is 6.92 Å². The minimum atomic E-state index is 0.719. The second-order valence-electron chi connectivity index (χ2n) is 3.09. The van der Waals surface area contributed by atoms with Crippen molar-refractivity contribution in [3.8, 4) is 5.75 Å². The van der Waals surface area contributed by atoms with Crippen molar-refractivity contribution in [2.75, 3.05) is 20.7 Å².